The summed E-state index contributed by atoms with van der Waals surface area (Å²) in [5.41, 5.74) is 1.13. The molecule has 1 aromatic heterocycles. The van der Waals surface area contributed by atoms with Crippen LogP contribution in [0.25, 0.3) is 10.4 Å². The average Bonchev–Trinajstić information content (AvgIpc) is 3.18. The van der Waals surface area contributed by atoms with E-state index in [9.17, 15) is 18.0 Å². The van der Waals surface area contributed by atoms with E-state index in [0.29, 0.717) is 20.9 Å². The monoisotopic (exact) mass is 421 g/mol. The lowest BCUT2D eigenvalue weighted by Crippen LogP contribution is -2.25. The van der Waals surface area contributed by atoms with Gasteiger partial charge in [0.25, 0.3) is 5.91 Å². The van der Waals surface area contributed by atoms with Crippen LogP contribution in [0.3, 0.4) is 0 Å². The largest absolute Gasteiger partial charge is 0.493 e. The summed E-state index contributed by atoms with van der Waals surface area (Å²) in [5.74, 6) is -0.501. The fourth-order valence-corrected chi connectivity index (χ4v) is 3.82. The molecule has 4 nitrogen and oxygen atoms in total. The quantitative estimate of drug-likeness (QED) is 0.510. The van der Waals surface area contributed by atoms with Crippen molar-refractivity contribution in [2.45, 2.75) is 13.2 Å². The maximum atomic E-state index is 14.0. The summed E-state index contributed by atoms with van der Waals surface area (Å²) in [4.78, 5) is 15.3. The van der Waals surface area contributed by atoms with E-state index in [-0.39, 0.29) is 29.8 Å². The number of thiophene rings is 1. The third kappa shape index (κ3) is 4.89. The van der Waals surface area contributed by atoms with Gasteiger partial charge < -0.3 is 14.4 Å². The number of benzene rings is 2. The first-order valence-electron chi connectivity index (χ1n) is 8.61. The molecule has 0 atom stereocenters. The number of rotatable bonds is 7. The van der Waals surface area contributed by atoms with E-state index in [1.165, 1.54) is 35.5 Å². The van der Waals surface area contributed by atoms with Crippen molar-refractivity contribution in [1.29, 1.82) is 0 Å². The molecule has 152 valence electrons. The van der Waals surface area contributed by atoms with Gasteiger partial charge in [0.2, 0.25) is 0 Å². The summed E-state index contributed by atoms with van der Waals surface area (Å²) in [7, 11) is 2.98. The lowest BCUT2D eigenvalue weighted by atomic mass is 10.2. The molecule has 8 heteroatoms. The predicted molar refractivity (Wildman–Crippen MR) is 105 cm³/mol. The molecule has 0 radical (unpaired) electrons. The van der Waals surface area contributed by atoms with Gasteiger partial charge in [0, 0.05) is 24.0 Å². The SMILES string of the molecule is COc1cc(CN(C)C(=O)c2ccc(-c3ccccc3F)s2)ccc1OC(F)F. The van der Waals surface area contributed by atoms with Gasteiger partial charge in [-0.1, -0.05) is 24.3 Å². The minimum atomic E-state index is -2.96. The van der Waals surface area contributed by atoms with E-state index in [1.807, 2.05) is 0 Å². The molecule has 0 aliphatic rings. The smallest absolute Gasteiger partial charge is 0.387 e. The van der Waals surface area contributed by atoms with Crippen molar-refractivity contribution >= 4 is 17.2 Å². The van der Waals surface area contributed by atoms with E-state index >= 15 is 0 Å². The molecule has 0 saturated heterocycles. The van der Waals surface area contributed by atoms with E-state index in [4.69, 9.17) is 4.74 Å². The molecule has 1 heterocycles. The van der Waals surface area contributed by atoms with Crippen LogP contribution in [-0.4, -0.2) is 31.6 Å². The van der Waals surface area contributed by atoms with Gasteiger partial charge in [-0.15, -0.1) is 11.3 Å². The van der Waals surface area contributed by atoms with Crippen molar-refractivity contribution in [2.75, 3.05) is 14.2 Å². The summed E-state index contributed by atoms with van der Waals surface area (Å²) in [5, 5.41) is 0. The van der Waals surface area contributed by atoms with Gasteiger partial charge in [-0.05, 0) is 35.9 Å². The first kappa shape index (κ1) is 20.7. The van der Waals surface area contributed by atoms with Gasteiger partial charge >= 0.3 is 6.61 Å². The highest BCUT2D eigenvalue weighted by Crippen LogP contribution is 2.32. The van der Waals surface area contributed by atoms with E-state index < -0.39 is 6.61 Å². The molecule has 0 N–H and O–H groups in total. The third-order valence-corrected chi connectivity index (χ3v) is 5.27. The Labute approximate surface area is 170 Å². The van der Waals surface area contributed by atoms with Crippen molar-refractivity contribution in [3.8, 4) is 21.9 Å². The molecule has 3 rings (SSSR count). The summed E-state index contributed by atoms with van der Waals surface area (Å²) in [6, 6.07) is 14.3. The van der Waals surface area contributed by atoms with Gasteiger partial charge in [0.05, 0.1) is 12.0 Å². The molecule has 29 heavy (non-hydrogen) atoms. The van der Waals surface area contributed by atoms with Crippen LogP contribution in [0, 0.1) is 5.82 Å². The van der Waals surface area contributed by atoms with Crippen molar-refractivity contribution in [1.82, 2.24) is 4.90 Å². The van der Waals surface area contributed by atoms with Crippen molar-refractivity contribution in [3.05, 3.63) is 70.9 Å². The number of amides is 1. The molecule has 0 unspecified atom stereocenters. The lowest BCUT2D eigenvalue weighted by Gasteiger charge is -2.18. The molecule has 3 aromatic rings. The van der Waals surface area contributed by atoms with Crippen LogP contribution in [0.15, 0.2) is 54.6 Å². The van der Waals surface area contributed by atoms with E-state index in [0.717, 1.165) is 0 Å². The maximum Gasteiger partial charge on any atom is 0.387 e. The van der Waals surface area contributed by atoms with Crippen molar-refractivity contribution in [2.24, 2.45) is 0 Å². The molecule has 0 aliphatic heterocycles. The van der Waals surface area contributed by atoms with Crippen molar-refractivity contribution in [3.63, 3.8) is 0 Å². The van der Waals surface area contributed by atoms with Crippen LogP contribution in [-0.2, 0) is 6.54 Å². The minimum Gasteiger partial charge on any atom is -0.493 e. The fourth-order valence-electron chi connectivity index (χ4n) is 2.80. The van der Waals surface area contributed by atoms with Crippen LogP contribution >= 0.6 is 11.3 Å². The zero-order valence-corrected chi connectivity index (χ0v) is 16.5. The number of carbonyl (C=O) groups is 1. The Kier molecular flexibility index (Phi) is 6.43. The Hall–Kier alpha value is -3.00. The molecular formula is C21H18F3NO3S. The first-order chi connectivity index (χ1) is 13.9. The number of nitrogens with zero attached hydrogens (tertiary/aromatic N) is 1. The second-order valence-corrected chi connectivity index (χ2v) is 7.25. The first-order valence-corrected chi connectivity index (χ1v) is 9.42. The number of ether oxygens (including phenoxy) is 2. The van der Waals surface area contributed by atoms with Gasteiger partial charge in [0.1, 0.15) is 5.82 Å². The van der Waals surface area contributed by atoms with Gasteiger partial charge in [-0.2, -0.15) is 8.78 Å². The van der Waals surface area contributed by atoms with Gasteiger partial charge in [0.15, 0.2) is 11.5 Å². The topological polar surface area (TPSA) is 38.8 Å². The molecule has 1 amide bonds. The summed E-state index contributed by atoms with van der Waals surface area (Å²) >= 11 is 1.20. The summed E-state index contributed by atoms with van der Waals surface area (Å²) in [6.45, 7) is -2.72. The lowest BCUT2D eigenvalue weighted by molar-refractivity contribution is -0.0512. The number of methoxy groups -OCH3 is 1. The Morgan fingerprint density at radius 1 is 1.10 bits per heavy atom. The number of alkyl halides is 2. The number of carbonyl (C=O) groups excluding carboxylic acids is 1. The highest BCUT2D eigenvalue weighted by molar-refractivity contribution is 7.17. The Morgan fingerprint density at radius 2 is 1.86 bits per heavy atom. The highest BCUT2D eigenvalue weighted by Gasteiger charge is 2.18. The van der Waals surface area contributed by atoms with Crippen LogP contribution in [0.1, 0.15) is 15.2 Å². The standard InChI is InChI=1S/C21H18F3NO3S/c1-25(12-13-7-8-16(28-21(23)24)17(11-13)27-2)20(26)19-10-9-18(29-19)14-5-3-4-6-15(14)22/h3-11,21H,12H2,1-2H3. The zero-order chi connectivity index (χ0) is 21.0. The van der Waals surface area contributed by atoms with Crippen LogP contribution in [0.4, 0.5) is 13.2 Å². The molecular weight excluding hydrogens is 403 g/mol. The normalized spacial score (nSPS) is 10.8. The molecule has 0 spiro atoms. The number of hydrogen-bond acceptors (Lipinski definition) is 4. The van der Waals surface area contributed by atoms with E-state index in [1.54, 1.807) is 49.5 Å². The second kappa shape index (κ2) is 9.00. The highest BCUT2D eigenvalue weighted by atomic mass is 32.1. The minimum absolute atomic E-state index is 0.0759. The Balaban J connectivity index is 1.74. The van der Waals surface area contributed by atoms with Crippen molar-refractivity contribution < 1.29 is 27.4 Å². The number of hydrogen-bond donors (Lipinski definition) is 0. The molecule has 2 aromatic carbocycles. The molecule has 0 aliphatic carbocycles. The van der Waals surface area contributed by atoms with Crippen LogP contribution < -0.4 is 9.47 Å². The van der Waals surface area contributed by atoms with Gasteiger partial charge in [-0.3, -0.25) is 4.79 Å². The zero-order valence-electron chi connectivity index (χ0n) is 15.7. The predicted octanol–water partition coefficient (Wildman–Crippen LogP) is 5.44. The molecule has 0 bridgehead atoms. The van der Waals surface area contributed by atoms with Crippen LogP contribution in [0.5, 0.6) is 11.5 Å². The van der Waals surface area contributed by atoms with E-state index in [2.05, 4.69) is 4.74 Å². The average molecular weight is 421 g/mol. The summed E-state index contributed by atoms with van der Waals surface area (Å²) < 4.78 is 48.3. The Bertz CT molecular complexity index is 1010. The molecule has 0 fully saturated rings. The van der Waals surface area contributed by atoms with Gasteiger partial charge in [-0.25, -0.2) is 4.39 Å². The Morgan fingerprint density at radius 3 is 2.55 bits per heavy atom. The third-order valence-electron chi connectivity index (χ3n) is 4.17. The molecule has 0 saturated carbocycles. The maximum absolute atomic E-state index is 14.0. The second-order valence-electron chi connectivity index (χ2n) is 6.17. The fraction of sp³-hybridized carbons (Fsp3) is 0.190. The summed E-state index contributed by atoms with van der Waals surface area (Å²) in [6.07, 6.45) is 0. The number of halogens is 3. The van der Waals surface area contributed by atoms with Crippen LogP contribution in [0.2, 0.25) is 0 Å².